The summed E-state index contributed by atoms with van der Waals surface area (Å²) in [4.78, 5) is 0. The van der Waals surface area contributed by atoms with E-state index >= 15 is 0 Å². The van der Waals surface area contributed by atoms with Crippen LogP contribution in [0.25, 0.3) is 43.1 Å². The monoisotopic (exact) mass is 920 g/mol. The maximum absolute atomic E-state index is 2.28. The van der Waals surface area contributed by atoms with Crippen molar-refractivity contribution in [2.24, 2.45) is 0 Å². The summed E-state index contributed by atoms with van der Waals surface area (Å²) in [5.41, 5.74) is 5.75. The van der Waals surface area contributed by atoms with Gasteiger partial charge in [0, 0.05) is 226 Å². The van der Waals surface area contributed by atoms with E-state index in [1.165, 1.54) is 65.3 Å². The molecule has 0 atom stereocenters. The van der Waals surface area contributed by atoms with E-state index in [2.05, 4.69) is 139 Å². The molecule has 0 saturated carbocycles. The summed E-state index contributed by atoms with van der Waals surface area (Å²) in [6, 6.07) is 35.1. The molecule has 6 rings (SSSR count). The largest absolute Gasteiger partial charge is 0.0776 e. The van der Waals surface area contributed by atoms with Gasteiger partial charge in [-0.15, -0.1) is 0 Å². The molecule has 0 saturated heterocycles. The van der Waals surface area contributed by atoms with Gasteiger partial charge in [-0.3, -0.25) is 0 Å². The standard InChI is InChI=1S/2C18H18.6C2H6.2CH4.6Ar/c2*1-12(2)18-16-10-6-4-8-14(16)13(3)15-9-5-7-11-17(15)18;6*1-2;;;;;;;;/h2*4-12H,1-3H3;6*1-2H3;2*1H4;;;;;;. The summed E-state index contributed by atoms with van der Waals surface area (Å²) < 4.78 is 0. The average molecular weight is 921 g/mol. The Kier molecular flexibility index (Phi) is 76.8. The molecular weight excluding hydrogens is 840 g/mol. The molecule has 6 aromatic carbocycles. The molecule has 0 aromatic heterocycles. The van der Waals surface area contributed by atoms with Gasteiger partial charge in [-0.05, 0) is 91.0 Å². The molecule has 0 nitrogen and oxygen atoms in total. The zero-order valence-electron chi connectivity index (χ0n) is 36.5. The van der Waals surface area contributed by atoms with Gasteiger partial charge < -0.3 is 0 Å². The maximum Gasteiger partial charge on any atom is 0 e. The van der Waals surface area contributed by atoms with E-state index in [0.717, 1.165) is 0 Å². The summed E-state index contributed by atoms with van der Waals surface area (Å²) >= 11 is 0. The van der Waals surface area contributed by atoms with Crippen LogP contribution in [-0.4, -0.2) is 0 Å². The van der Waals surface area contributed by atoms with Crippen molar-refractivity contribution in [2.75, 3.05) is 0 Å². The molecule has 0 aliphatic rings. The van der Waals surface area contributed by atoms with E-state index in [1.54, 1.807) is 0 Å². The van der Waals surface area contributed by atoms with Gasteiger partial charge in [-0.25, -0.2) is 0 Å². The van der Waals surface area contributed by atoms with Gasteiger partial charge in [0.25, 0.3) is 0 Å². The third kappa shape index (κ3) is 24.3. The van der Waals surface area contributed by atoms with Gasteiger partial charge in [-0.2, -0.15) is 0 Å². The molecule has 0 aliphatic carbocycles. The molecule has 0 aliphatic heterocycles. The Morgan fingerprint density at radius 2 is 0.393 bits per heavy atom. The van der Waals surface area contributed by atoms with Crippen LogP contribution in [0, 0.1) is 240 Å². The SMILES string of the molecule is C.C.CC.CC.CC.CC.CC.CC.Cc1c2ccccc2c(C(C)C)c2ccccc12.Cc1c2ccccc2c(C(C)C)c2ccccc12.[Ar].[Ar].[Ar].[Ar].[Ar].[Ar]. The Bertz CT molecular complexity index is 1480. The van der Waals surface area contributed by atoms with Crippen LogP contribution in [0.5, 0.6) is 0 Å². The number of rotatable bonds is 2. The molecular formula is C50H80Ar6. The third-order valence-electron chi connectivity index (χ3n) is 7.64. The first-order chi connectivity index (χ1) is 23.4. The fourth-order valence-electron chi connectivity index (χ4n) is 6.00. The molecule has 0 amide bonds. The summed E-state index contributed by atoms with van der Waals surface area (Å²) in [6.45, 7) is 37.6. The molecule has 0 heterocycles. The smallest absolute Gasteiger partial charge is 0 e. The summed E-state index contributed by atoms with van der Waals surface area (Å²) in [6.07, 6.45) is 0. The van der Waals surface area contributed by atoms with Crippen molar-refractivity contribution in [3.63, 3.8) is 0 Å². The number of aryl methyl sites for hydroxylation is 2. The molecule has 6 heteroatoms. The van der Waals surface area contributed by atoms with Gasteiger partial charge in [0.15, 0.2) is 0 Å². The van der Waals surface area contributed by atoms with E-state index < -0.39 is 0 Å². The van der Waals surface area contributed by atoms with Crippen LogP contribution in [0.1, 0.15) is 160 Å². The molecule has 6 aromatic rings. The molecule has 0 spiro atoms. The minimum atomic E-state index is 0. The second kappa shape index (κ2) is 51.6. The van der Waals surface area contributed by atoms with Gasteiger partial charge in [0.2, 0.25) is 0 Å². The van der Waals surface area contributed by atoms with Crippen molar-refractivity contribution >= 4 is 43.1 Å². The predicted molar refractivity (Wildman–Crippen MR) is 242 cm³/mol. The van der Waals surface area contributed by atoms with Crippen LogP contribution in [-0.2, 0) is 0 Å². The van der Waals surface area contributed by atoms with Crippen LogP contribution in [0.4, 0.5) is 0 Å². The van der Waals surface area contributed by atoms with Crippen LogP contribution in [0.15, 0.2) is 97.1 Å². The van der Waals surface area contributed by atoms with Gasteiger partial charge in [0.05, 0.1) is 0 Å². The first-order valence-corrected chi connectivity index (χ1v) is 19.2. The molecule has 0 fully saturated rings. The Morgan fingerprint density at radius 1 is 0.268 bits per heavy atom. The number of hydrogen-bond donors (Lipinski definition) is 0. The van der Waals surface area contributed by atoms with Crippen LogP contribution >= 0.6 is 0 Å². The zero-order valence-corrected chi connectivity index (χ0v) is 40.8. The molecule has 0 N–H and O–H groups in total. The maximum atomic E-state index is 2.28. The Labute approximate surface area is 529 Å². The van der Waals surface area contributed by atoms with Gasteiger partial charge in [-0.1, -0.05) is 223 Å². The summed E-state index contributed by atoms with van der Waals surface area (Å²) in [5, 5.41) is 11.2. The zero-order chi connectivity index (χ0) is 37.4. The fraction of sp³-hybridized carbons (Fsp3) is 0.440. The van der Waals surface area contributed by atoms with Gasteiger partial charge >= 0.3 is 0 Å². The number of benzene rings is 6. The first-order valence-electron chi connectivity index (χ1n) is 19.2. The topological polar surface area (TPSA) is 0 Å². The predicted octanol–water partition coefficient (Wildman–Crippen LogP) is 18.3. The minimum absolute atomic E-state index is 0. The van der Waals surface area contributed by atoms with Gasteiger partial charge in [0.1, 0.15) is 0 Å². The Hall–Kier alpha value is 3.92. The van der Waals surface area contributed by atoms with Crippen LogP contribution in [0.2, 0.25) is 0 Å². The van der Waals surface area contributed by atoms with E-state index in [1.807, 2.05) is 83.1 Å². The molecule has 56 heavy (non-hydrogen) atoms. The Balaban J connectivity index is -0.0000000669. The minimum Gasteiger partial charge on any atom is -0.0776 e. The second-order valence-corrected chi connectivity index (χ2v) is 10.6. The van der Waals surface area contributed by atoms with Crippen molar-refractivity contribution in [1.29, 1.82) is 0 Å². The molecule has 0 unspecified atom stereocenters. The van der Waals surface area contributed by atoms with Crippen molar-refractivity contribution in [3.8, 4) is 0 Å². The molecule has 0 bridgehead atoms. The van der Waals surface area contributed by atoms with Crippen LogP contribution in [0.3, 0.4) is 0 Å². The number of fused-ring (bicyclic) bond motifs is 4. The fourth-order valence-corrected chi connectivity index (χ4v) is 6.00. The summed E-state index contributed by atoms with van der Waals surface area (Å²) in [5.74, 6) is 1.08. The second-order valence-electron chi connectivity index (χ2n) is 10.6. The third-order valence-corrected chi connectivity index (χ3v) is 7.64. The van der Waals surface area contributed by atoms with Crippen molar-refractivity contribution in [3.05, 3.63) is 119 Å². The number of hydrogen-bond acceptors (Lipinski definition) is 0. The van der Waals surface area contributed by atoms with E-state index in [4.69, 9.17) is 0 Å². The van der Waals surface area contributed by atoms with Crippen molar-refractivity contribution < 1.29 is 226 Å². The van der Waals surface area contributed by atoms with Crippen molar-refractivity contribution in [1.82, 2.24) is 0 Å². The van der Waals surface area contributed by atoms with Crippen molar-refractivity contribution in [2.45, 2.75) is 151 Å². The Morgan fingerprint density at radius 3 is 0.518 bits per heavy atom. The molecule has 0 radical (unpaired) electrons. The normalized spacial score (nSPS) is 8.07. The quantitative estimate of drug-likeness (QED) is 0.152. The average Bonchev–Trinajstić information content (AvgIpc) is 3.17. The van der Waals surface area contributed by atoms with E-state index in [9.17, 15) is 0 Å². The first kappa shape index (κ1) is 83.5. The van der Waals surface area contributed by atoms with E-state index in [-0.39, 0.29) is 241 Å². The van der Waals surface area contributed by atoms with E-state index in [0.29, 0.717) is 11.8 Å². The summed E-state index contributed by atoms with van der Waals surface area (Å²) in [7, 11) is 0. The molecule has 328 valence electrons. The van der Waals surface area contributed by atoms with Crippen LogP contribution < -0.4 is 0 Å².